The standard InChI is InChI=1S/C19H19N3O/c1-14-4-5-15(2)18(12-14)21-19(23)17-8-6-16(7-9-17)13-22-11-3-10-20-22/h3-12H,13H2,1-2H3,(H,21,23). The first kappa shape index (κ1) is 15.0. The summed E-state index contributed by atoms with van der Waals surface area (Å²) in [5.74, 6) is -0.0932. The molecule has 0 spiro atoms. The lowest BCUT2D eigenvalue weighted by molar-refractivity contribution is 0.102. The van der Waals surface area contributed by atoms with Crippen molar-refractivity contribution >= 4 is 11.6 Å². The SMILES string of the molecule is Cc1ccc(C)c(NC(=O)c2ccc(Cn3cccn3)cc2)c1. The fourth-order valence-electron chi connectivity index (χ4n) is 2.41. The molecule has 0 aliphatic heterocycles. The van der Waals surface area contributed by atoms with E-state index in [1.54, 1.807) is 6.20 Å². The van der Waals surface area contributed by atoms with Crippen molar-refractivity contribution in [1.29, 1.82) is 0 Å². The largest absolute Gasteiger partial charge is 0.322 e. The van der Waals surface area contributed by atoms with Gasteiger partial charge in [-0.15, -0.1) is 0 Å². The summed E-state index contributed by atoms with van der Waals surface area (Å²) >= 11 is 0. The first-order chi connectivity index (χ1) is 11.1. The molecule has 0 radical (unpaired) electrons. The second kappa shape index (κ2) is 6.48. The summed E-state index contributed by atoms with van der Waals surface area (Å²) in [7, 11) is 0. The third kappa shape index (κ3) is 3.66. The van der Waals surface area contributed by atoms with E-state index < -0.39 is 0 Å². The molecule has 4 nitrogen and oxygen atoms in total. The van der Waals surface area contributed by atoms with E-state index in [1.165, 1.54) is 0 Å². The Bertz CT molecular complexity index is 805. The van der Waals surface area contributed by atoms with Crippen LogP contribution in [0.25, 0.3) is 0 Å². The number of carbonyl (C=O) groups excluding carboxylic acids is 1. The highest BCUT2D eigenvalue weighted by Gasteiger charge is 2.08. The first-order valence-electron chi connectivity index (χ1n) is 7.57. The van der Waals surface area contributed by atoms with E-state index in [0.29, 0.717) is 12.1 Å². The van der Waals surface area contributed by atoms with Crippen molar-refractivity contribution in [3.8, 4) is 0 Å². The van der Waals surface area contributed by atoms with Gasteiger partial charge in [0.1, 0.15) is 0 Å². The molecular formula is C19H19N3O. The number of hydrogen-bond donors (Lipinski definition) is 1. The molecule has 0 saturated heterocycles. The van der Waals surface area contributed by atoms with Crippen molar-refractivity contribution in [1.82, 2.24) is 9.78 Å². The molecule has 1 amide bonds. The van der Waals surface area contributed by atoms with Gasteiger partial charge in [-0.2, -0.15) is 5.10 Å². The Hall–Kier alpha value is -2.88. The van der Waals surface area contributed by atoms with Crippen molar-refractivity contribution < 1.29 is 4.79 Å². The van der Waals surface area contributed by atoms with Gasteiger partial charge >= 0.3 is 0 Å². The molecule has 2 aromatic carbocycles. The van der Waals surface area contributed by atoms with Gasteiger partial charge in [-0.25, -0.2) is 0 Å². The topological polar surface area (TPSA) is 46.9 Å². The molecule has 0 fully saturated rings. The van der Waals surface area contributed by atoms with Crippen LogP contribution in [-0.4, -0.2) is 15.7 Å². The van der Waals surface area contributed by atoms with Gasteiger partial charge < -0.3 is 5.32 Å². The van der Waals surface area contributed by atoms with Gasteiger partial charge in [0.25, 0.3) is 5.91 Å². The van der Waals surface area contributed by atoms with E-state index in [0.717, 1.165) is 22.4 Å². The Balaban J connectivity index is 1.71. The molecule has 1 aromatic heterocycles. The Morgan fingerprint density at radius 3 is 2.61 bits per heavy atom. The summed E-state index contributed by atoms with van der Waals surface area (Å²) in [5.41, 5.74) is 4.79. The van der Waals surface area contributed by atoms with Crippen molar-refractivity contribution in [2.24, 2.45) is 0 Å². The molecule has 0 bridgehead atoms. The molecule has 0 unspecified atom stereocenters. The molecule has 1 N–H and O–H groups in total. The third-order valence-corrected chi connectivity index (χ3v) is 3.76. The number of aryl methyl sites for hydroxylation is 2. The van der Waals surface area contributed by atoms with Crippen LogP contribution in [0.3, 0.4) is 0 Å². The zero-order chi connectivity index (χ0) is 16.2. The number of nitrogens with zero attached hydrogens (tertiary/aromatic N) is 2. The smallest absolute Gasteiger partial charge is 0.255 e. The van der Waals surface area contributed by atoms with Crippen LogP contribution in [0.2, 0.25) is 0 Å². The van der Waals surface area contributed by atoms with E-state index in [-0.39, 0.29) is 5.91 Å². The minimum Gasteiger partial charge on any atom is -0.322 e. The van der Waals surface area contributed by atoms with Crippen LogP contribution in [0, 0.1) is 13.8 Å². The van der Waals surface area contributed by atoms with Gasteiger partial charge in [-0.1, -0.05) is 24.3 Å². The Morgan fingerprint density at radius 1 is 1.13 bits per heavy atom. The molecule has 1 heterocycles. The highest BCUT2D eigenvalue weighted by molar-refractivity contribution is 6.04. The van der Waals surface area contributed by atoms with Gasteiger partial charge in [0, 0.05) is 23.6 Å². The highest BCUT2D eigenvalue weighted by atomic mass is 16.1. The van der Waals surface area contributed by atoms with Crippen molar-refractivity contribution in [2.75, 3.05) is 5.32 Å². The average Bonchev–Trinajstić information content (AvgIpc) is 3.04. The molecular weight excluding hydrogens is 286 g/mol. The predicted octanol–water partition coefficient (Wildman–Crippen LogP) is 3.80. The van der Waals surface area contributed by atoms with Crippen molar-refractivity contribution in [2.45, 2.75) is 20.4 Å². The summed E-state index contributed by atoms with van der Waals surface area (Å²) in [6, 6.07) is 15.5. The lowest BCUT2D eigenvalue weighted by Gasteiger charge is -2.10. The van der Waals surface area contributed by atoms with Crippen LogP contribution < -0.4 is 5.32 Å². The van der Waals surface area contributed by atoms with E-state index in [9.17, 15) is 4.79 Å². The molecule has 3 aromatic rings. The predicted molar refractivity (Wildman–Crippen MR) is 91.6 cm³/mol. The lowest BCUT2D eigenvalue weighted by atomic mass is 10.1. The van der Waals surface area contributed by atoms with E-state index >= 15 is 0 Å². The fourth-order valence-corrected chi connectivity index (χ4v) is 2.41. The lowest BCUT2D eigenvalue weighted by Crippen LogP contribution is -2.13. The summed E-state index contributed by atoms with van der Waals surface area (Å²) in [6.07, 6.45) is 3.67. The van der Waals surface area contributed by atoms with Crippen LogP contribution in [-0.2, 0) is 6.54 Å². The molecule has 0 aliphatic carbocycles. The van der Waals surface area contributed by atoms with Crippen LogP contribution in [0.5, 0.6) is 0 Å². The monoisotopic (exact) mass is 305 g/mol. The molecule has 0 aliphatic rings. The normalized spacial score (nSPS) is 10.5. The van der Waals surface area contributed by atoms with E-state index in [2.05, 4.69) is 10.4 Å². The molecule has 3 rings (SSSR count). The minimum absolute atomic E-state index is 0.0932. The number of anilines is 1. The van der Waals surface area contributed by atoms with Gasteiger partial charge in [-0.3, -0.25) is 9.48 Å². The molecule has 116 valence electrons. The summed E-state index contributed by atoms with van der Waals surface area (Å²) in [4.78, 5) is 12.4. The maximum atomic E-state index is 12.4. The number of amides is 1. The van der Waals surface area contributed by atoms with Gasteiger partial charge in [0.2, 0.25) is 0 Å². The zero-order valence-electron chi connectivity index (χ0n) is 13.3. The summed E-state index contributed by atoms with van der Waals surface area (Å²) < 4.78 is 1.85. The number of aromatic nitrogens is 2. The summed E-state index contributed by atoms with van der Waals surface area (Å²) in [6.45, 7) is 4.70. The number of nitrogens with one attached hydrogen (secondary N) is 1. The van der Waals surface area contributed by atoms with Crippen LogP contribution in [0.4, 0.5) is 5.69 Å². The van der Waals surface area contributed by atoms with E-state index in [4.69, 9.17) is 0 Å². The maximum absolute atomic E-state index is 12.4. The molecule has 0 saturated carbocycles. The van der Waals surface area contributed by atoms with Crippen molar-refractivity contribution in [3.63, 3.8) is 0 Å². The van der Waals surface area contributed by atoms with E-state index in [1.807, 2.05) is 73.3 Å². The van der Waals surface area contributed by atoms with Crippen LogP contribution in [0.1, 0.15) is 27.0 Å². The van der Waals surface area contributed by atoms with Gasteiger partial charge in [0.05, 0.1) is 6.54 Å². The fraction of sp³-hybridized carbons (Fsp3) is 0.158. The Labute approximate surface area is 135 Å². The number of rotatable bonds is 4. The van der Waals surface area contributed by atoms with Gasteiger partial charge in [0.15, 0.2) is 0 Å². The second-order valence-electron chi connectivity index (χ2n) is 5.67. The number of hydrogen-bond acceptors (Lipinski definition) is 2. The van der Waals surface area contributed by atoms with Crippen LogP contribution >= 0.6 is 0 Å². The number of benzene rings is 2. The van der Waals surface area contributed by atoms with Gasteiger partial charge in [-0.05, 0) is 54.8 Å². The van der Waals surface area contributed by atoms with Crippen LogP contribution in [0.15, 0.2) is 60.9 Å². The Morgan fingerprint density at radius 2 is 1.91 bits per heavy atom. The highest BCUT2D eigenvalue weighted by Crippen LogP contribution is 2.17. The summed E-state index contributed by atoms with van der Waals surface area (Å²) in [5, 5.41) is 7.16. The second-order valence-corrected chi connectivity index (χ2v) is 5.67. The molecule has 23 heavy (non-hydrogen) atoms. The molecule has 4 heteroatoms. The zero-order valence-corrected chi connectivity index (χ0v) is 13.3. The average molecular weight is 305 g/mol. The maximum Gasteiger partial charge on any atom is 0.255 e. The Kier molecular flexibility index (Phi) is 4.24. The minimum atomic E-state index is -0.0932. The quantitative estimate of drug-likeness (QED) is 0.797. The first-order valence-corrected chi connectivity index (χ1v) is 7.57. The number of carbonyl (C=O) groups is 1. The molecule has 0 atom stereocenters. The third-order valence-electron chi connectivity index (χ3n) is 3.76. The van der Waals surface area contributed by atoms with Crippen molar-refractivity contribution in [3.05, 3.63) is 83.2 Å².